The van der Waals surface area contributed by atoms with Crippen LogP contribution in [-0.2, 0) is 11.3 Å². The van der Waals surface area contributed by atoms with Crippen LogP contribution in [0, 0.1) is 0 Å². The molecule has 7 heteroatoms. The number of benzene rings is 1. The average molecular weight is 352 g/mol. The van der Waals surface area contributed by atoms with Gasteiger partial charge in [0.1, 0.15) is 5.75 Å². The molecule has 0 aliphatic rings. The fraction of sp³-hybridized carbons (Fsp3) is 0.235. The molecule has 0 spiro atoms. The van der Waals surface area contributed by atoms with E-state index in [1.807, 2.05) is 22.4 Å². The van der Waals surface area contributed by atoms with Gasteiger partial charge < -0.3 is 10.1 Å². The lowest BCUT2D eigenvalue weighted by atomic mass is 10.3. The third-order valence-corrected chi connectivity index (χ3v) is 3.95. The summed E-state index contributed by atoms with van der Waals surface area (Å²) in [5.41, 5.74) is 0.220. The normalized spacial score (nSPS) is 10.8. The quantitative estimate of drug-likeness (QED) is 0.694. The second kappa shape index (κ2) is 9.14. The molecular weight excluding hydrogens is 334 g/mol. The van der Waals surface area contributed by atoms with Crippen LogP contribution in [0.25, 0.3) is 0 Å². The largest absolute Gasteiger partial charge is 0.433 e. The van der Waals surface area contributed by atoms with Gasteiger partial charge in [-0.05, 0) is 23.6 Å². The van der Waals surface area contributed by atoms with E-state index >= 15 is 0 Å². The maximum Gasteiger partial charge on any atom is 0.387 e. The molecule has 1 aromatic heterocycles. The summed E-state index contributed by atoms with van der Waals surface area (Å²) in [6, 6.07) is 10.0. The van der Waals surface area contributed by atoms with Crippen LogP contribution in [0.1, 0.15) is 4.88 Å². The number of amides is 1. The molecular formula is C17H18F2N2O2S. The number of rotatable bonds is 9. The number of carbonyl (C=O) groups is 1. The minimum atomic E-state index is -2.95. The van der Waals surface area contributed by atoms with Gasteiger partial charge in [0.2, 0.25) is 5.91 Å². The zero-order chi connectivity index (χ0) is 17.4. The topological polar surface area (TPSA) is 41.6 Å². The molecule has 0 bridgehead atoms. The van der Waals surface area contributed by atoms with Crippen molar-refractivity contribution < 1.29 is 18.3 Å². The lowest BCUT2D eigenvalue weighted by molar-refractivity contribution is -0.117. The number of anilines is 1. The number of para-hydroxylation sites is 2. The zero-order valence-corrected chi connectivity index (χ0v) is 13.8. The van der Waals surface area contributed by atoms with E-state index in [2.05, 4.69) is 16.6 Å². The minimum Gasteiger partial charge on any atom is -0.433 e. The van der Waals surface area contributed by atoms with Gasteiger partial charge in [0.05, 0.1) is 12.2 Å². The van der Waals surface area contributed by atoms with Crippen molar-refractivity contribution in [2.45, 2.75) is 13.2 Å². The van der Waals surface area contributed by atoms with Gasteiger partial charge in [0, 0.05) is 18.0 Å². The first-order valence-corrected chi connectivity index (χ1v) is 8.15. The number of alkyl halides is 2. The monoisotopic (exact) mass is 352 g/mol. The van der Waals surface area contributed by atoms with E-state index in [0.29, 0.717) is 13.1 Å². The van der Waals surface area contributed by atoms with Crippen molar-refractivity contribution in [1.29, 1.82) is 0 Å². The van der Waals surface area contributed by atoms with E-state index in [9.17, 15) is 13.6 Å². The Balaban J connectivity index is 1.99. The highest BCUT2D eigenvalue weighted by molar-refractivity contribution is 7.09. The summed E-state index contributed by atoms with van der Waals surface area (Å²) in [5, 5.41) is 4.59. The molecule has 4 nitrogen and oxygen atoms in total. The first-order chi connectivity index (χ1) is 11.6. The van der Waals surface area contributed by atoms with Crippen LogP contribution in [0.5, 0.6) is 5.75 Å². The van der Waals surface area contributed by atoms with Crippen molar-refractivity contribution in [2.24, 2.45) is 0 Å². The van der Waals surface area contributed by atoms with Crippen molar-refractivity contribution >= 4 is 22.9 Å². The predicted molar refractivity (Wildman–Crippen MR) is 91.5 cm³/mol. The number of hydrogen-bond acceptors (Lipinski definition) is 4. The molecule has 2 aromatic rings. The molecule has 0 atom stereocenters. The zero-order valence-electron chi connectivity index (χ0n) is 13.0. The second-order valence-corrected chi connectivity index (χ2v) is 5.99. The number of nitrogens with one attached hydrogen (secondary N) is 1. The number of hydrogen-bond donors (Lipinski definition) is 1. The van der Waals surface area contributed by atoms with Crippen molar-refractivity contribution in [3.63, 3.8) is 0 Å². The van der Waals surface area contributed by atoms with Crippen molar-refractivity contribution in [2.75, 3.05) is 18.4 Å². The SMILES string of the molecule is C=CCN(CC(=O)Nc1ccccc1OC(F)F)Cc1cccs1. The Morgan fingerprint density at radius 1 is 1.33 bits per heavy atom. The van der Waals surface area contributed by atoms with Crippen molar-refractivity contribution in [3.8, 4) is 5.75 Å². The van der Waals surface area contributed by atoms with Crippen LogP contribution in [0.2, 0.25) is 0 Å². The van der Waals surface area contributed by atoms with Crippen LogP contribution in [0.15, 0.2) is 54.4 Å². The average Bonchev–Trinajstić information content (AvgIpc) is 3.02. The van der Waals surface area contributed by atoms with Crippen molar-refractivity contribution in [3.05, 3.63) is 59.3 Å². The molecule has 0 aliphatic heterocycles. The molecule has 0 unspecified atom stereocenters. The molecule has 1 aromatic carbocycles. The summed E-state index contributed by atoms with van der Waals surface area (Å²) < 4.78 is 29.2. The summed E-state index contributed by atoms with van der Waals surface area (Å²) in [7, 11) is 0. The highest BCUT2D eigenvalue weighted by Crippen LogP contribution is 2.25. The number of carbonyl (C=O) groups excluding carboxylic acids is 1. The Morgan fingerprint density at radius 2 is 2.12 bits per heavy atom. The summed E-state index contributed by atoms with van der Waals surface area (Å²) in [6.45, 7) is 2.03. The Kier molecular flexibility index (Phi) is 6.89. The van der Waals surface area contributed by atoms with Gasteiger partial charge in [-0.3, -0.25) is 9.69 Å². The highest BCUT2D eigenvalue weighted by atomic mass is 32.1. The van der Waals surface area contributed by atoms with Gasteiger partial charge >= 0.3 is 6.61 Å². The summed E-state index contributed by atoms with van der Waals surface area (Å²) in [6.07, 6.45) is 1.72. The Bertz CT molecular complexity index is 662. The van der Waals surface area contributed by atoms with Gasteiger partial charge in [-0.1, -0.05) is 24.3 Å². The molecule has 128 valence electrons. The predicted octanol–water partition coefficient (Wildman–Crippen LogP) is 3.98. The first-order valence-electron chi connectivity index (χ1n) is 7.28. The molecule has 1 heterocycles. The minimum absolute atomic E-state index is 0.0608. The number of halogens is 2. The van der Waals surface area contributed by atoms with Gasteiger partial charge in [-0.2, -0.15) is 8.78 Å². The van der Waals surface area contributed by atoms with Gasteiger partial charge in [0.25, 0.3) is 0 Å². The first kappa shape index (κ1) is 18.1. The lowest BCUT2D eigenvalue weighted by Crippen LogP contribution is -2.33. The van der Waals surface area contributed by atoms with Gasteiger partial charge in [0.15, 0.2) is 0 Å². The molecule has 0 saturated carbocycles. The van der Waals surface area contributed by atoms with Crippen LogP contribution >= 0.6 is 11.3 Å². The highest BCUT2D eigenvalue weighted by Gasteiger charge is 2.14. The maximum absolute atomic E-state index is 12.4. The smallest absolute Gasteiger partial charge is 0.387 e. The van der Waals surface area contributed by atoms with Crippen LogP contribution in [-0.4, -0.2) is 30.5 Å². The molecule has 1 amide bonds. The fourth-order valence-corrected chi connectivity index (χ4v) is 2.90. The van der Waals surface area contributed by atoms with Crippen LogP contribution in [0.3, 0.4) is 0 Å². The maximum atomic E-state index is 12.4. The summed E-state index contributed by atoms with van der Waals surface area (Å²) in [5.74, 6) is -0.368. The molecule has 0 fully saturated rings. The third-order valence-electron chi connectivity index (χ3n) is 3.09. The number of nitrogens with zero attached hydrogens (tertiary/aromatic N) is 1. The third kappa shape index (κ3) is 5.75. The van der Waals surface area contributed by atoms with Gasteiger partial charge in [-0.15, -0.1) is 17.9 Å². The van der Waals surface area contributed by atoms with E-state index in [4.69, 9.17) is 0 Å². The molecule has 0 aliphatic carbocycles. The van der Waals surface area contributed by atoms with Crippen LogP contribution in [0.4, 0.5) is 14.5 Å². The van der Waals surface area contributed by atoms with E-state index in [1.54, 1.807) is 29.5 Å². The lowest BCUT2D eigenvalue weighted by Gasteiger charge is -2.20. The molecule has 1 N–H and O–H groups in total. The number of ether oxygens (including phenoxy) is 1. The summed E-state index contributed by atoms with van der Waals surface area (Å²) in [4.78, 5) is 15.3. The van der Waals surface area contributed by atoms with E-state index < -0.39 is 6.61 Å². The van der Waals surface area contributed by atoms with E-state index in [0.717, 1.165) is 4.88 Å². The Labute approximate surface area is 143 Å². The fourth-order valence-electron chi connectivity index (χ4n) is 2.15. The van der Waals surface area contributed by atoms with Crippen molar-refractivity contribution in [1.82, 2.24) is 4.90 Å². The molecule has 0 saturated heterocycles. The standard InChI is InChI=1S/C17H18F2N2O2S/c1-2-9-21(11-13-6-5-10-24-13)12-16(22)20-14-7-3-4-8-15(14)23-17(18)19/h2-8,10,17H,1,9,11-12H2,(H,20,22). The molecule has 2 rings (SSSR count). The van der Waals surface area contributed by atoms with E-state index in [1.165, 1.54) is 12.1 Å². The van der Waals surface area contributed by atoms with E-state index in [-0.39, 0.29) is 23.9 Å². The molecule has 24 heavy (non-hydrogen) atoms. The Morgan fingerprint density at radius 3 is 2.79 bits per heavy atom. The Hall–Kier alpha value is -2.25. The number of thiophene rings is 1. The molecule has 0 radical (unpaired) electrons. The van der Waals surface area contributed by atoms with Gasteiger partial charge in [-0.25, -0.2) is 0 Å². The second-order valence-electron chi connectivity index (χ2n) is 4.96. The van der Waals surface area contributed by atoms with Crippen LogP contribution < -0.4 is 10.1 Å². The summed E-state index contributed by atoms with van der Waals surface area (Å²) >= 11 is 1.61.